The summed E-state index contributed by atoms with van der Waals surface area (Å²) in [6.07, 6.45) is 0.756. The van der Waals surface area contributed by atoms with Crippen molar-refractivity contribution in [3.63, 3.8) is 0 Å². The van der Waals surface area contributed by atoms with Crippen molar-refractivity contribution in [1.29, 1.82) is 0 Å². The SMILES string of the molecule is O=C(N[C@@H](Cc1ccccc1)C(=O)N[C@H](CCc1ccccc1)CCS(=O)(=O)Oc1ccccc1)OCc1ccccc1. The molecule has 2 N–H and O–H groups in total. The topological polar surface area (TPSA) is 111 Å². The molecule has 0 bridgehead atoms. The molecule has 0 radical (unpaired) electrons. The quantitative estimate of drug-likeness (QED) is 0.176. The van der Waals surface area contributed by atoms with Crippen molar-refractivity contribution < 1.29 is 26.9 Å². The Balaban J connectivity index is 1.44. The Hall–Kier alpha value is -4.63. The highest BCUT2D eigenvalue weighted by atomic mass is 32.2. The third kappa shape index (κ3) is 11.3. The molecule has 4 rings (SSSR count). The van der Waals surface area contributed by atoms with Gasteiger partial charge in [0.05, 0.1) is 5.75 Å². The van der Waals surface area contributed by atoms with Crippen molar-refractivity contribution in [3.05, 3.63) is 138 Å². The largest absolute Gasteiger partial charge is 0.445 e. The maximum atomic E-state index is 13.6. The normalized spacial score (nSPS) is 12.5. The first-order valence-electron chi connectivity index (χ1n) is 14.2. The van der Waals surface area contributed by atoms with E-state index in [0.717, 1.165) is 16.7 Å². The minimum absolute atomic E-state index is 0.0608. The molecule has 9 heteroatoms. The summed E-state index contributed by atoms with van der Waals surface area (Å²) in [6, 6.07) is 35.2. The molecule has 0 aliphatic carbocycles. The number of ether oxygens (including phenoxy) is 1. The molecule has 0 fully saturated rings. The van der Waals surface area contributed by atoms with Crippen LogP contribution in [-0.4, -0.2) is 38.3 Å². The number of aryl methyl sites for hydroxylation is 1. The Labute approximate surface area is 253 Å². The number of hydrogen-bond donors (Lipinski definition) is 2. The zero-order chi connectivity index (χ0) is 30.3. The fraction of sp³-hybridized carbons (Fsp3) is 0.235. The van der Waals surface area contributed by atoms with Crippen molar-refractivity contribution in [2.45, 2.75) is 44.4 Å². The number of amides is 2. The minimum Gasteiger partial charge on any atom is -0.445 e. The molecular formula is C34H36N2O6S. The van der Waals surface area contributed by atoms with Gasteiger partial charge in [0, 0.05) is 12.5 Å². The fourth-order valence-electron chi connectivity index (χ4n) is 4.49. The summed E-state index contributed by atoms with van der Waals surface area (Å²) in [6.45, 7) is 0.0608. The number of hydrogen-bond acceptors (Lipinski definition) is 6. The number of nitrogens with one attached hydrogen (secondary N) is 2. The molecule has 0 saturated heterocycles. The fourth-order valence-corrected chi connectivity index (χ4v) is 5.55. The lowest BCUT2D eigenvalue weighted by Crippen LogP contribution is -2.51. The number of benzene rings is 4. The molecule has 8 nitrogen and oxygen atoms in total. The van der Waals surface area contributed by atoms with Gasteiger partial charge >= 0.3 is 16.2 Å². The number of para-hydroxylation sites is 1. The van der Waals surface area contributed by atoms with Crippen LogP contribution in [0.5, 0.6) is 5.75 Å². The molecular weight excluding hydrogens is 564 g/mol. The number of alkyl carbamates (subject to hydrolysis) is 1. The molecule has 43 heavy (non-hydrogen) atoms. The maximum Gasteiger partial charge on any atom is 0.408 e. The third-order valence-corrected chi connectivity index (χ3v) is 7.94. The van der Waals surface area contributed by atoms with Crippen LogP contribution < -0.4 is 14.8 Å². The number of carbonyl (C=O) groups is 2. The van der Waals surface area contributed by atoms with Crippen molar-refractivity contribution in [3.8, 4) is 5.75 Å². The second-order valence-electron chi connectivity index (χ2n) is 10.1. The molecule has 2 amide bonds. The average Bonchev–Trinajstić information content (AvgIpc) is 3.03. The lowest BCUT2D eigenvalue weighted by molar-refractivity contribution is -0.123. The van der Waals surface area contributed by atoms with E-state index in [0.29, 0.717) is 12.8 Å². The number of rotatable bonds is 15. The summed E-state index contributed by atoms with van der Waals surface area (Å²) in [5, 5.41) is 5.70. The molecule has 0 heterocycles. The molecule has 2 atom stereocenters. The Bertz CT molecular complexity index is 1520. The highest BCUT2D eigenvalue weighted by molar-refractivity contribution is 7.87. The predicted molar refractivity (Wildman–Crippen MR) is 166 cm³/mol. The number of carbonyl (C=O) groups excluding carboxylic acids is 2. The van der Waals surface area contributed by atoms with Gasteiger partial charge in [-0.15, -0.1) is 0 Å². The van der Waals surface area contributed by atoms with E-state index in [4.69, 9.17) is 8.92 Å². The van der Waals surface area contributed by atoms with Gasteiger partial charge in [0.15, 0.2) is 0 Å². The second kappa shape index (κ2) is 16.1. The van der Waals surface area contributed by atoms with Gasteiger partial charge in [-0.2, -0.15) is 8.42 Å². The average molecular weight is 601 g/mol. The Morgan fingerprint density at radius 1 is 0.651 bits per heavy atom. The highest BCUT2D eigenvalue weighted by Crippen LogP contribution is 2.15. The Kier molecular flexibility index (Phi) is 11.7. The summed E-state index contributed by atoms with van der Waals surface area (Å²) in [5.74, 6) is -0.495. The molecule has 0 aromatic heterocycles. The van der Waals surface area contributed by atoms with Crippen LogP contribution >= 0.6 is 0 Å². The highest BCUT2D eigenvalue weighted by Gasteiger charge is 2.26. The van der Waals surface area contributed by atoms with Crippen LogP contribution in [0.15, 0.2) is 121 Å². The van der Waals surface area contributed by atoms with Crippen LogP contribution in [0, 0.1) is 0 Å². The van der Waals surface area contributed by atoms with Crippen LogP contribution in [0.25, 0.3) is 0 Å². The maximum absolute atomic E-state index is 13.6. The smallest absolute Gasteiger partial charge is 0.408 e. The Morgan fingerprint density at radius 2 is 1.19 bits per heavy atom. The summed E-state index contributed by atoms with van der Waals surface area (Å²) in [7, 11) is -3.91. The van der Waals surface area contributed by atoms with Gasteiger partial charge < -0.3 is 19.6 Å². The van der Waals surface area contributed by atoms with Crippen molar-refractivity contribution in [2.75, 3.05) is 5.75 Å². The third-order valence-electron chi connectivity index (χ3n) is 6.76. The van der Waals surface area contributed by atoms with Crippen LogP contribution in [0.1, 0.15) is 29.5 Å². The van der Waals surface area contributed by atoms with Crippen LogP contribution in [0.4, 0.5) is 4.79 Å². The van der Waals surface area contributed by atoms with E-state index >= 15 is 0 Å². The summed E-state index contributed by atoms with van der Waals surface area (Å²) >= 11 is 0. The first-order chi connectivity index (χ1) is 20.9. The van der Waals surface area contributed by atoms with E-state index < -0.39 is 34.2 Å². The van der Waals surface area contributed by atoms with Gasteiger partial charge in [-0.25, -0.2) is 4.79 Å². The van der Waals surface area contributed by atoms with E-state index in [1.807, 2.05) is 91.0 Å². The molecule has 0 saturated carbocycles. The van der Waals surface area contributed by atoms with Gasteiger partial charge in [0.1, 0.15) is 18.4 Å². The summed E-state index contributed by atoms with van der Waals surface area (Å²) < 4.78 is 36.2. The molecule has 0 spiro atoms. The first-order valence-corrected chi connectivity index (χ1v) is 15.8. The monoisotopic (exact) mass is 600 g/mol. The van der Waals surface area contributed by atoms with Crippen LogP contribution in [0.3, 0.4) is 0 Å². The van der Waals surface area contributed by atoms with Gasteiger partial charge in [-0.1, -0.05) is 109 Å². The van der Waals surface area contributed by atoms with Gasteiger partial charge in [-0.05, 0) is 48.1 Å². The van der Waals surface area contributed by atoms with Crippen LogP contribution in [-0.2, 0) is 39.1 Å². The van der Waals surface area contributed by atoms with Crippen molar-refractivity contribution >= 4 is 22.1 Å². The lowest BCUT2D eigenvalue weighted by Gasteiger charge is -2.24. The second-order valence-corrected chi connectivity index (χ2v) is 11.8. The zero-order valence-electron chi connectivity index (χ0n) is 23.8. The van der Waals surface area contributed by atoms with Crippen molar-refractivity contribution in [1.82, 2.24) is 10.6 Å². The molecule has 0 unspecified atom stereocenters. The van der Waals surface area contributed by atoms with Gasteiger partial charge in [0.25, 0.3) is 0 Å². The lowest BCUT2D eigenvalue weighted by atomic mass is 10.0. The van der Waals surface area contributed by atoms with Gasteiger partial charge in [0.2, 0.25) is 5.91 Å². The van der Waals surface area contributed by atoms with Crippen molar-refractivity contribution in [2.24, 2.45) is 0 Å². The summed E-state index contributed by atoms with van der Waals surface area (Å²) in [4.78, 5) is 26.4. The minimum atomic E-state index is -3.91. The van der Waals surface area contributed by atoms with Gasteiger partial charge in [-0.3, -0.25) is 4.79 Å². The van der Waals surface area contributed by atoms with E-state index in [2.05, 4.69) is 10.6 Å². The Morgan fingerprint density at radius 3 is 1.79 bits per heavy atom. The predicted octanol–water partition coefficient (Wildman–Crippen LogP) is 5.44. The standard InChI is InChI=1S/C34H36N2O6S/c37-33(32(25-28-15-7-2-8-16-28)36-34(38)41-26-29-17-9-3-10-18-29)35-30(22-21-27-13-5-1-6-14-27)23-24-43(39,40)42-31-19-11-4-12-20-31/h1-20,30,32H,21-26H2,(H,35,37)(H,36,38)/t30-,32+/m1/s1. The van der Waals surface area contributed by atoms with Crippen LogP contribution in [0.2, 0.25) is 0 Å². The molecule has 4 aromatic rings. The molecule has 0 aliphatic rings. The van der Waals surface area contributed by atoms with E-state index in [1.54, 1.807) is 30.3 Å². The van der Waals surface area contributed by atoms with E-state index in [-0.39, 0.29) is 31.0 Å². The molecule has 4 aromatic carbocycles. The summed E-state index contributed by atoms with van der Waals surface area (Å²) in [5.41, 5.74) is 2.74. The van der Waals surface area contributed by atoms with E-state index in [1.165, 1.54) is 0 Å². The molecule has 224 valence electrons. The first kappa shape index (κ1) is 31.3. The van der Waals surface area contributed by atoms with E-state index in [9.17, 15) is 18.0 Å². The molecule has 0 aliphatic heterocycles. The zero-order valence-corrected chi connectivity index (χ0v) is 24.6.